The molecule has 0 radical (unpaired) electrons. The fourth-order valence-electron chi connectivity index (χ4n) is 3.26. The summed E-state index contributed by atoms with van der Waals surface area (Å²) in [5.74, 6) is -1.52. The van der Waals surface area contributed by atoms with Crippen molar-refractivity contribution in [3.8, 4) is 0 Å². The number of rotatable bonds is 4. The number of benzene rings is 1. The first kappa shape index (κ1) is 18.0. The summed E-state index contributed by atoms with van der Waals surface area (Å²) in [6.45, 7) is 5.33. The van der Waals surface area contributed by atoms with Crippen molar-refractivity contribution in [2.45, 2.75) is 38.1 Å². The highest BCUT2D eigenvalue weighted by Gasteiger charge is 2.31. The van der Waals surface area contributed by atoms with E-state index in [0.717, 1.165) is 30.1 Å². The van der Waals surface area contributed by atoms with Crippen LogP contribution in [0.2, 0.25) is 0 Å². The van der Waals surface area contributed by atoms with Crippen LogP contribution in [0, 0.1) is 31.4 Å². The molecule has 3 rings (SSSR count). The van der Waals surface area contributed by atoms with E-state index in [2.05, 4.69) is 5.10 Å². The molecule has 0 spiro atoms. The maximum Gasteiger partial charge on any atom is 0.245 e. The molecule has 0 amide bonds. The van der Waals surface area contributed by atoms with E-state index in [0.29, 0.717) is 37.9 Å². The van der Waals surface area contributed by atoms with Gasteiger partial charge in [-0.25, -0.2) is 17.2 Å². The van der Waals surface area contributed by atoms with Crippen molar-refractivity contribution in [3.63, 3.8) is 0 Å². The highest BCUT2D eigenvalue weighted by molar-refractivity contribution is 7.89. The number of halogens is 2. The van der Waals surface area contributed by atoms with Crippen molar-refractivity contribution in [2.75, 3.05) is 13.1 Å². The van der Waals surface area contributed by atoms with Crippen LogP contribution < -0.4 is 0 Å². The monoisotopic (exact) mass is 369 g/mol. The third-order valence-corrected chi connectivity index (χ3v) is 6.55. The lowest BCUT2D eigenvalue weighted by Crippen LogP contribution is -2.39. The summed E-state index contributed by atoms with van der Waals surface area (Å²) in [6.07, 6.45) is 1.36. The number of aryl methyl sites for hydroxylation is 2. The third-order valence-electron chi connectivity index (χ3n) is 4.62. The van der Waals surface area contributed by atoms with Crippen LogP contribution in [0.4, 0.5) is 8.78 Å². The van der Waals surface area contributed by atoms with Gasteiger partial charge in [-0.15, -0.1) is 0 Å². The minimum Gasteiger partial charge on any atom is -0.269 e. The Hall–Kier alpha value is -1.80. The van der Waals surface area contributed by atoms with Crippen molar-refractivity contribution in [1.29, 1.82) is 0 Å². The van der Waals surface area contributed by atoms with Gasteiger partial charge in [0.15, 0.2) is 0 Å². The Balaban J connectivity index is 1.68. The molecule has 0 atom stereocenters. The van der Waals surface area contributed by atoms with Gasteiger partial charge in [0.25, 0.3) is 0 Å². The van der Waals surface area contributed by atoms with Gasteiger partial charge in [0.2, 0.25) is 10.0 Å². The summed E-state index contributed by atoms with van der Waals surface area (Å²) in [5.41, 5.74) is 2.05. The molecule has 0 aliphatic carbocycles. The summed E-state index contributed by atoms with van der Waals surface area (Å²) in [5, 5.41) is 4.44. The Kier molecular flexibility index (Phi) is 4.92. The predicted molar refractivity (Wildman–Crippen MR) is 89.5 cm³/mol. The van der Waals surface area contributed by atoms with Crippen molar-refractivity contribution in [3.05, 3.63) is 47.3 Å². The lowest BCUT2D eigenvalue weighted by molar-refractivity contribution is 0.245. The summed E-state index contributed by atoms with van der Waals surface area (Å²) < 4.78 is 55.3. The molecule has 5 nitrogen and oxygen atoms in total. The van der Waals surface area contributed by atoms with Crippen molar-refractivity contribution >= 4 is 10.0 Å². The van der Waals surface area contributed by atoms with Crippen LogP contribution in [0.3, 0.4) is 0 Å². The molecule has 0 saturated carbocycles. The van der Waals surface area contributed by atoms with E-state index in [9.17, 15) is 17.2 Å². The van der Waals surface area contributed by atoms with Gasteiger partial charge in [0.05, 0.1) is 5.69 Å². The van der Waals surface area contributed by atoms with Crippen molar-refractivity contribution in [2.24, 2.45) is 5.92 Å². The normalized spacial score (nSPS) is 17.1. The number of aromatic nitrogens is 2. The zero-order valence-corrected chi connectivity index (χ0v) is 15.1. The highest BCUT2D eigenvalue weighted by atomic mass is 32.2. The fourth-order valence-corrected chi connectivity index (χ4v) is 4.78. The van der Waals surface area contributed by atoms with Gasteiger partial charge < -0.3 is 0 Å². The molecule has 0 N–H and O–H groups in total. The van der Waals surface area contributed by atoms with Crippen LogP contribution in [0.5, 0.6) is 0 Å². The first-order valence-corrected chi connectivity index (χ1v) is 9.67. The number of piperidine rings is 1. The molecule has 2 heterocycles. The number of hydrogen-bond donors (Lipinski definition) is 0. The van der Waals surface area contributed by atoms with Crippen LogP contribution in [-0.4, -0.2) is 35.6 Å². The molecule has 1 fully saturated rings. The van der Waals surface area contributed by atoms with E-state index in [4.69, 9.17) is 0 Å². The van der Waals surface area contributed by atoms with Crippen molar-refractivity contribution in [1.82, 2.24) is 14.1 Å². The zero-order chi connectivity index (χ0) is 18.2. The summed E-state index contributed by atoms with van der Waals surface area (Å²) in [4.78, 5) is -0.467. The topological polar surface area (TPSA) is 55.2 Å². The third kappa shape index (κ3) is 3.74. The lowest BCUT2D eigenvalue weighted by atomic mass is 9.98. The van der Waals surface area contributed by atoms with Crippen LogP contribution in [0.25, 0.3) is 0 Å². The molecule has 0 bridgehead atoms. The van der Waals surface area contributed by atoms with Crippen LogP contribution in [-0.2, 0) is 16.6 Å². The Morgan fingerprint density at radius 3 is 2.40 bits per heavy atom. The first-order valence-electron chi connectivity index (χ1n) is 8.23. The molecule has 1 aliphatic rings. The minimum atomic E-state index is -3.94. The van der Waals surface area contributed by atoms with E-state index in [1.54, 1.807) is 0 Å². The van der Waals surface area contributed by atoms with Gasteiger partial charge >= 0.3 is 0 Å². The molecule has 0 unspecified atom stereocenters. The summed E-state index contributed by atoms with van der Waals surface area (Å²) in [7, 11) is -3.94. The van der Waals surface area contributed by atoms with Crippen LogP contribution >= 0.6 is 0 Å². The quantitative estimate of drug-likeness (QED) is 0.833. The van der Waals surface area contributed by atoms with Gasteiger partial charge in [0, 0.05) is 31.4 Å². The van der Waals surface area contributed by atoms with Gasteiger partial charge in [-0.05, 0) is 50.8 Å². The van der Waals surface area contributed by atoms with E-state index >= 15 is 0 Å². The van der Waals surface area contributed by atoms with E-state index in [-0.39, 0.29) is 0 Å². The second kappa shape index (κ2) is 6.84. The first-order chi connectivity index (χ1) is 11.8. The lowest BCUT2D eigenvalue weighted by Gasteiger charge is -2.31. The van der Waals surface area contributed by atoms with Crippen LogP contribution in [0.15, 0.2) is 29.2 Å². The smallest absolute Gasteiger partial charge is 0.245 e. The number of sulfonamides is 1. The second-order valence-corrected chi connectivity index (χ2v) is 8.44. The minimum absolute atomic E-state index is 0.322. The molecule has 25 heavy (non-hydrogen) atoms. The van der Waals surface area contributed by atoms with E-state index in [1.807, 2.05) is 24.6 Å². The van der Waals surface area contributed by atoms with Gasteiger partial charge in [-0.1, -0.05) is 0 Å². The molecular formula is C17H21F2N3O2S. The second-order valence-electron chi connectivity index (χ2n) is 6.53. The Labute approximate surface area is 146 Å². The number of nitrogens with zero attached hydrogens (tertiary/aromatic N) is 3. The standard InChI is InChI=1S/C17H21F2N3O2S/c1-12-9-13(2)22(20-12)11-14-5-7-21(8-6-14)25(23,24)17-4-3-15(18)10-16(17)19/h3-4,9-10,14H,5-8,11H2,1-2H3. The Morgan fingerprint density at radius 1 is 1.16 bits per heavy atom. The summed E-state index contributed by atoms with van der Waals surface area (Å²) in [6, 6.07) is 4.56. The zero-order valence-electron chi connectivity index (χ0n) is 14.2. The molecule has 1 aromatic carbocycles. The average Bonchev–Trinajstić information content (AvgIpc) is 2.85. The molecule has 2 aromatic rings. The fraction of sp³-hybridized carbons (Fsp3) is 0.471. The van der Waals surface area contributed by atoms with E-state index in [1.165, 1.54) is 4.31 Å². The Bertz CT molecular complexity index is 872. The molecule has 1 aliphatic heterocycles. The van der Waals surface area contributed by atoms with Gasteiger partial charge in [-0.3, -0.25) is 4.68 Å². The molecule has 1 aromatic heterocycles. The highest BCUT2D eigenvalue weighted by Crippen LogP contribution is 2.26. The molecular weight excluding hydrogens is 348 g/mol. The van der Waals surface area contributed by atoms with Crippen LogP contribution in [0.1, 0.15) is 24.2 Å². The predicted octanol–water partition coefficient (Wildman–Crippen LogP) is 2.88. The van der Waals surface area contributed by atoms with Crippen molar-refractivity contribution < 1.29 is 17.2 Å². The number of hydrogen-bond acceptors (Lipinski definition) is 3. The summed E-state index contributed by atoms with van der Waals surface area (Å²) >= 11 is 0. The molecule has 1 saturated heterocycles. The SMILES string of the molecule is Cc1cc(C)n(CC2CCN(S(=O)(=O)c3ccc(F)cc3F)CC2)n1. The molecule has 136 valence electrons. The Morgan fingerprint density at radius 2 is 1.84 bits per heavy atom. The maximum atomic E-state index is 13.9. The molecule has 8 heteroatoms. The van der Waals surface area contributed by atoms with E-state index < -0.39 is 26.6 Å². The van der Waals surface area contributed by atoms with Gasteiger partial charge in [0.1, 0.15) is 16.5 Å². The van der Waals surface area contributed by atoms with Gasteiger partial charge in [-0.2, -0.15) is 9.40 Å². The average molecular weight is 369 g/mol. The largest absolute Gasteiger partial charge is 0.269 e. The maximum absolute atomic E-state index is 13.9.